The first-order valence-electron chi connectivity index (χ1n) is 11.5. The number of imide groups is 1. The van der Waals surface area contributed by atoms with E-state index in [1.54, 1.807) is 15.9 Å². The van der Waals surface area contributed by atoms with Crippen molar-refractivity contribution in [1.82, 2.24) is 19.3 Å². The molecule has 2 aliphatic rings. The van der Waals surface area contributed by atoms with Crippen LogP contribution >= 0.6 is 27.7 Å². The second-order valence-electron chi connectivity index (χ2n) is 8.20. The summed E-state index contributed by atoms with van der Waals surface area (Å²) in [6, 6.07) is 5.74. The molecule has 1 aromatic heterocycles. The Hall–Kier alpha value is -2.63. The molecular weight excluding hydrogens is 536 g/mol. The van der Waals surface area contributed by atoms with Crippen molar-refractivity contribution in [1.29, 1.82) is 0 Å². The van der Waals surface area contributed by atoms with E-state index in [9.17, 15) is 19.2 Å². The van der Waals surface area contributed by atoms with Gasteiger partial charge in [-0.2, -0.15) is 0 Å². The molecule has 186 valence electrons. The smallest absolute Gasteiger partial charge is 0.294 e. The fourth-order valence-electron chi connectivity index (χ4n) is 4.19. The highest BCUT2D eigenvalue weighted by atomic mass is 79.9. The van der Waals surface area contributed by atoms with Crippen LogP contribution in [0, 0.1) is 0 Å². The van der Waals surface area contributed by atoms with E-state index in [-0.39, 0.29) is 29.8 Å². The molecule has 0 N–H and O–H groups in total. The fourth-order valence-corrected chi connectivity index (χ4v) is 5.38. The summed E-state index contributed by atoms with van der Waals surface area (Å²) in [5, 5.41) is 0.382. The number of carbonyl (C=O) groups excluding carboxylic acids is 4. The van der Waals surface area contributed by atoms with Crippen molar-refractivity contribution in [2.75, 3.05) is 45.9 Å². The maximum atomic E-state index is 13.0. The van der Waals surface area contributed by atoms with E-state index in [0.717, 1.165) is 37.6 Å². The van der Waals surface area contributed by atoms with Crippen LogP contribution in [-0.2, 0) is 25.7 Å². The molecule has 0 spiro atoms. The molecule has 2 saturated heterocycles. The van der Waals surface area contributed by atoms with Crippen molar-refractivity contribution in [2.24, 2.45) is 0 Å². The van der Waals surface area contributed by atoms with E-state index in [2.05, 4.69) is 15.9 Å². The number of rotatable bonds is 7. The molecular formula is C24H27BrN4O5S. The number of benzene rings is 1. The molecule has 4 amide bonds. The van der Waals surface area contributed by atoms with Crippen molar-refractivity contribution in [3.05, 3.63) is 39.3 Å². The summed E-state index contributed by atoms with van der Waals surface area (Å²) >= 11 is 4.31. The predicted octanol–water partition coefficient (Wildman–Crippen LogP) is 3.17. The third-order valence-corrected chi connectivity index (χ3v) is 7.51. The van der Waals surface area contributed by atoms with Crippen LogP contribution in [0.15, 0.2) is 33.8 Å². The summed E-state index contributed by atoms with van der Waals surface area (Å²) in [5.74, 6) is -0.757. The molecule has 9 nitrogen and oxygen atoms in total. The normalized spacial score (nSPS) is 17.6. The second kappa shape index (κ2) is 11.0. The molecule has 0 bridgehead atoms. The first-order chi connectivity index (χ1) is 16.8. The number of amides is 4. The lowest BCUT2D eigenvalue weighted by molar-refractivity contribution is -0.139. The summed E-state index contributed by atoms with van der Waals surface area (Å²) in [6.07, 6.45) is 3.49. The highest BCUT2D eigenvalue weighted by Gasteiger charge is 2.37. The van der Waals surface area contributed by atoms with Gasteiger partial charge in [0.15, 0.2) is 0 Å². The molecule has 0 aliphatic carbocycles. The molecule has 0 saturated carbocycles. The Morgan fingerprint density at radius 3 is 2.54 bits per heavy atom. The van der Waals surface area contributed by atoms with Gasteiger partial charge in [0.1, 0.15) is 13.1 Å². The van der Waals surface area contributed by atoms with E-state index in [1.807, 2.05) is 42.8 Å². The zero-order chi connectivity index (χ0) is 25.1. The molecule has 2 aliphatic heterocycles. The molecule has 4 rings (SSSR count). The van der Waals surface area contributed by atoms with Gasteiger partial charge in [-0.25, -0.2) is 0 Å². The van der Waals surface area contributed by atoms with E-state index in [4.69, 9.17) is 4.74 Å². The predicted molar refractivity (Wildman–Crippen MR) is 138 cm³/mol. The summed E-state index contributed by atoms with van der Waals surface area (Å²) in [7, 11) is 0. The largest absolute Gasteiger partial charge is 0.378 e. The Balaban J connectivity index is 1.60. The maximum absolute atomic E-state index is 13.0. The zero-order valence-electron chi connectivity index (χ0n) is 19.7. The van der Waals surface area contributed by atoms with Gasteiger partial charge in [0.25, 0.3) is 11.1 Å². The van der Waals surface area contributed by atoms with Gasteiger partial charge in [-0.05, 0) is 49.9 Å². The molecule has 3 heterocycles. The molecule has 2 fully saturated rings. The Labute approximate surface area is 216 Å². The quantitative estimate of drug-likeness (QED) is 0.481. The lowest BCUT2D eigenvalue weighted by atomic mass is 10.1. The number of carbonyl (C=O) groups is 4. The van der Waals surface area contributed by atoms with Crippen LogP contribution in [0.25, 0.3) is 17.0 Å². The topological polar surface area (TPSA) is 92.2 Å². The van der Waals surface area contributed by atoms with Crippen molar-refractivity contribution >= 4 is 67.6 Å². The summed E-state index contributed by atoms with van der Waals surface area (Å²) in [6.45, 7) is 6.82. The van der Waals surface area contributed by atoms with Crippen LogP contribution in [0.3, 0.4) is 0 Å². The average Bonchev–Trinajstić information content (AvgIpc) is 3.31. The average molecular weight is 563 g/mol. The van der Waals surface area contributed by atoms with Crippen LogP contribution in [0.2, 0.25) is 0 Å². The number of likely N-dealkylation sites (N-methyl/N-ethyl adjacent to an activating group) is 1. The number of aromatic nitrogens is 1. The lowest BCUT2D eigenvalue weighted by Crippen LogP contribution is -2.46. The minimum Gasteiger partial charge on any atom is -0.378 e. The van der Waals surface area contributed by atoms with Crippen LogP contribution in [-0.4, -0.2) is 88.2 Å². The third kappa shape index (κ3) is 5.46. The van der Waals surface area contributed by atoms with Crippen molar-refractivity contribution in [3.8, 4) is 0 Å². The number of hydrogen-bond donors (Lipinski definition) is 0. The standard InChI is InChI=1S/C24H27BrN4O5S/c1-3-26(4-2)21(30)14-28-13-16(18-12-17(25)5-6-19(18)28)11-20-23(32)29(24(33)35-20)15-22(31)27-7-9-34-10-8-27/h5-6,11-13H,3-4,7-10,14-15H2,1-2H3/b20-11-. The third-order valence-electron chi connectivity index (χ3n) is 6.11. The molecule has 0 radical (unpaired) electrons. The van der Waals surface area contributed by atoms with Crippen LogP contribution in [0.4, 0.5) is 4.79 Å². The number of fused-ring (bicyclic) bond motifs is 1. The van der Waals surface area contributed by atoms with Gasteiger partial charge in [-0.1, -0.05) is 15.9 Å². The van der Waals surface area contributed by atoms with Crippen LogP contribution < -0.4 is 0 Å². The number of nitrogens with zero attached hydrogens (tertiary/aromatic N) is 4. The molecule has 35 heavy (non-hydrogen) atoms. The van der Waals surface area contributed by atoms with Crippen molar-refractivity contribution < 1.29 is 23.9 Å². The number of halogens is 1. The molecule has 1 aromatic carbocycles. The highest BCUT2D eigenvalue weighted by Crippen LogP contribution is 2.35. The number of ether oxygens (including phenoxy) is 1. The van der Waals surface area contributed by atoms with E-state index in [0.29, 0.717) is 39.4 Å². The van der Waals surface area contributed by atoms with E-state index >= 15 is 0 Å². The van der Waals surface area contributed by atoms with Crippen molar-refractivity contribution in [2.45, 2.75) is 20.4 Å². The summed E-state index contributed by atoms with van der Waals surface area (Å²) < 4.78 is 7.98. The zero-order valence-corrected chi connectivity index (χ0v) is 22.1. The van der Waals surface area contributed by atoms with E-state index < -0.39 is 11.1 Å². The van der Waals surface area contributed by atoms with Gasteiger partial charge in [0.2, 0.25) is 11.8 Å². The van der Waals surface area contributed by atoms with E-state index in [1.165, 1.54) is 0 Å². The Kier molecular flexibility index (Phi) is 7.98. The maximum Gasteiger partial charge on any atom is 0.294 e. The first-order valence-corrected chi connectivity index (χ1v) is 13.1. The van der Waals surface area contributed by atoms with Gasteiger partial charge in [0.05, 0.1) is 18.1 Å². The Morgan fingerprint density at radius 1 is 1.14 bits per heavy atom. The molecule has 2 aromatic rings. The van der Waals surface area contributed by atoms with Gasteiger partial charge in [0, 0.05) is 53.3 Å². The molecule has 11 heteroatoms. The Morgan fingerprint density at radius 2 is 1.86 bits per heavy atom. The van der Waals surface area contributed by atoms with Crippen LogP contribution in [0.5, 0.6) is 0 Å². The van der Waals surface area contributed by atoms with Crippen LogP contribution in [0.1, 0.15) is 19.4 Å². The van der Waals surface area contributed by atoms with Gasteiger partial charge >= 0.3 is 0 Å². The number of thioether (sulfide) groups is 1. The summed E-state index contributed by atoms with van der Waals surface area (Å²) in [4.78, 5) is 55.6. The highest BCUT2D eigenvalue weighted by molar-refractivity contribution is 9.10. The van der Waals surface area contributed by atoms with Gasteiger partial charge in [-0.3, -0.25) is 24.1 Å². The molecule has 0 unspecified atom stereocenters. The summed E-state index contributed by atoms with van der Waals surface area (Å²) in [5.41, 5.74) is 1.57. The minimum atomic E-state index is -0.489. The molecule has 0 atom stereocenters. The second-order valence-corrected chi connectivity index (χ2v) is 10.1. The number of hydrogen-bond acceptors (Lipinski definition) is 6. The lowest BCUT2D eigenvalue weighted by Gasteiger charge is -2.28. The Bertz CT molecular complexity index is 1200. The SMILES string of the molecule is CCN(CC)C(=O)Cn1cc(/C=C2\SC(=O)N(CC(=O)N3CCOCC3)C2=O)c2cc(Br)ccc21. The first kappa shape index (κ1) is 25.5. The fraction of sp³-hybridized carbons (Fsp3) is 0.417. The monoisotopic (exact) mass is 562 g/mol. The van der Waals surface area contributed by atoms with Crippen molar-refractivity contribution in [3.63, 3.8) is 0 Å². The van der Waals surface area contributed by atoms with Gasteiger partial charge < -0.3 is 19.1 Å². The number of morpholine rings is 1. The van der Waals surface area contributed by atoms with Gasteiger partial charge in [-0.15, -0.1) is 0 Å². The minimum absolute atomic E-state index is 0.00307.